The Morgan fingerprint density at radius 3 is 2.62 bits per heavy atom. The smallest absolute Gasteiger partial charge is 0.191 e. The maximum absolute atomic E-state index is 13.2. The van der Waals surface area contributed by atoms with Crippen molar-refractivity contribution in [2.75, 3.05) is 25.6 Å². The molecule has 0 saturated heterocycles. The molecule has 0 heterocycles. The van der Waals surface area contributed by atoms with Gasteiger partial charge >= 0.3 is 0 Å². The van der Waals surface area contributed by atoms with Gasteiger partial charge in [-0.15, -0.1) is 24.0 Å². The van der Waals surface area contributed by atoms with Crippen molar-refractivity contribution in [2.45, 2.75) is 19.4 Å². The van der Waals surface area contributed by atoms with Gasteiger partial charge in [0.2, 0.25) is 0 Å². The zero-order valence-corrected chi connectivity index (χ0v) is 15.6. The predicted molar refractivity (Wildman–Crippen MR) is 97.7 cm³/mol. The van der Waals surface area contributed by atoms with Crippen LogP contribution in [0.15, 0.2) is 23.2 Å². The first-order valence-corrected chi connectivity index (χ1v) is 7.89. The molecule has 1 aromatic carbocycles. The number of thioether (sulfide) groups is 1. The van der Waals surface area contributed by atoms with E-state index in [1.165, 1.54) is 6.07 Å². The predicted octanol–water partition coefficient (Wildman–Crippen LogP) is 3.56. The Kier molecular flexibility index (Phi) is 10.8. The van der Waals surface area contributed by atoms with Crippen molar-refractivity contribution in [1.29, 1.82) is 0 Å². The molecule has 0 radical (unpaired) electrons. The van der Waals surface area contributed by atoms with E-state index in [9.17, 15) is 8.78 Å². The van der Waals surface area contributed by atoms with E-state index in [2.05, 4.69) is 21.9 Å². The van der Waals surface area contributed by atoms with E-state index in [1.54, 1.807) is 24.9 Å². The first-order valence-electron chi connectivity index (χ1n) is 6.49. The van der Waals surface area contributed by atoms with E-state index in [1.807, 2.05) is 6.92 Å². The summed E-state index contributed by atoms with van der Waals surface area (Å²) in [6.07, 6.45) is 3.11. The van der Waals surface area contributed by atoms with E-state index in [-0.39, 0.29) is 30.0 Å². The monoisotopic (exact) mass is 429 g/mol. The minimum Gasteiger partial charge on any atom is -0.356 e. The van der Waals surface area contributed by atoms with Gasteiger partial charge in [-0.05, 0) is 43.0 Å². The van der Waals surface area contributed by atoms with Crippen molar-refractivity contribution >= 4 is 41.7 Å². The Bertz CT molecular complexity index is 458. The van der Waals surface area contributed by atoms with Crippen LogP contribution >= 0.6 is 35.7 Å². The normalized spacial score (nSPS) is 12.5. The van der Waals surface area contributed by atoms with Crippen molar-refractivity contribution in [2.24, 2.45) is 4.99 Å². The fraction of sp³-hybridized carbons (Fsp3) is 0.500. The molecule has 3 nitrogen and oxygen atoms in total. The highest BCUT2D eigenvalue weighted by atomic mass is 127. The summed E-state index contributed by atoms with van der Waals surface area (Å²) in [4.78, 5) is 4.11. The Morgan fingerprint density at radius 2 is 2.05 bits per heavy atom. The van der Waals surface area contributed by atoms with Crippen LogP contribution in [0.1, 0.15) is 24.9 Å². The second-order valence-corrected chi connectivity index (χ2v) is 5.37. The van der Waals surface area contributed by atoms with Gasteiger partial charge in [0.15, 0.2) is 17.6 Å². The molecule has 0 aliphatic carbocycles. The molecule has 7 heteroatoms. The molecular weight excluding hydrogens is 407 g/mol. The van der Waals surface area contributed by atoms with Crippen LogP contribution < -0.4 is 10.6 Å². The van der Waals surface area contributed by atoms with E-state index in [4.69, 9.17) is 0 Å². The van der Waals surface area contributed by atoms with Gasteiger partial charge in [-0.25, -0.2) is 8.78 Å². The first-order chi connectivity index (χ1) is 9.58. The summed E-state index contributed by atoms with van der Waals surface area (Å²) in [5.74, 6) is 0.0749. The Balaban J connectivity index is 0.00000400. The van der Waals surface area contributed by atoms with Gasteiger partial charge in [0, 0.05) is 13.6 Å². The summed E-state index contributed by atoms with van der Waals surface area (Å²) >= 11 is 1.80. The van der Waals surface area contributed by atoms with Gasteiger partial charge in [0.25, 0.3) is 0 Å². The summed E-state index contributed by atoms with van der Waals surface area (Å²) in [6, 6.07) is 3.75. The number of nitrogens with one attached hydrogen (secondary N) is 2. The Hall–Kier alpha value is -0.570. The standard InChI is InChI=1S/C14H21F2N3S.HI/c1-10(11-5-6-12(15)13(16)9-11)19-14(17-2)18-7-4-8-20-3;/h5-6,9-10H,4,7-8H2,1-3H3,(H2,17,18,19);1H. The van der Waals surface area contributed by atoms with Gasteiger partial charge < -0.3 is 10.6 Å². The van der Waals surface area contributed by atoms with E-state index < -0.39 is 11.6 Å². The fourth-order valence-electron chi connectivity index (χ4n) is 1.69. The highest BCUT2D eigenvalue weighted by molar-refractivity contribution is 14.0. The average molecular weight is 429 g/mol. The number of halogens is 3. The van der Waals surface area contributed by atoms with Crippen molar-refractivity contribution in [3.63, 3.8) is 0 Å². The summed E-state index contributed by atoms with van der Waals surface area (Å²) < 4.78 is 26.1. The molecule has 0 aliphatic heterocycles. The second kappa shape index (κ2) is 11.1. The van der Waals surface area contributed by atoms with Gasteiger partial charge in [-0.2, -0.15) is 11.8 Å². The van der Waals surface area contributed by atoms with Crippen LogP contribution in [0.25, 0.3) is 0 Å². The van der Waals surface area contributed by atoms with Crippen LogP contribution in [0.5, 0.6) is 0 Å². The van der Waals surface area contributed by atoms with Crippen molar-refractivity contribution in [3.05, 3.63) is 35.4 Å². The lowest BCUT2D eigenvalue weighted by molar-refractivity contribution is 0.504. The molecule has 0 spiro atoms. The molecular formula is C14H22F2IN3S. The summed E-state index contributed by atoms with van der Waals surface area (Å²) in [5.41, 5.74) is 0.677. The summed E-state index contributed by atoms with van der Waals surface area (Å²) in [6.45, 7) is 2.70. The third-order valence-electron chi connectivity index (χ3n) is 2.84. The van der Waals surface area contributed by atoms with Crippen LogP contribution in [-0.4, -0.2) is 31.6 Å². The van der Waals surface area contributed by atoms with Crippen LogP contribution in [-0.2, 0) is 0 Å². The third-order valence-corrected chi connectivity index (χ3v) is 3.54. The first kappa shape index (κ1) is 20.4. The molecule has 21 heavy (non-hydrogen) atoms. The van der Waals surface area contributed by atoms with E-state index in [0.29, 0.717) is 11.5 Å². The fourth-order valence-corrected chi connectivity index (χ4v) is 2.12. The van der Waals surface area contributed by atoms with Crippen LogP contribution in [0.4, 0.5) is 8.78 Å². The molecule has 1 atom stereocenters. The van der Waals surface area contributed by atoms with Crippen LogP contribution in [0.2, 0.25) is 0 Å². The van der Waals surface area contributed by atoms with Crippen molar-refractivity contribution < 1.29 is 8.78 Å². The molecule has 1 aromatic rings. The SMILES string of the molecule is CN=C(NCCCSC)NC(C)c1ccc(F)c(F)c1.I. The van der Waals surface area contributed by atoms with Gasteiger partial charge in [0.05, 0.1) is 6.04 Å². The van der Waals surface area contributed by atoms with Crippen LogP contribution in [0.3, 0.4) is 0 Å². The Labute approximate surface area is 146 Å². The molecule has 0 aromatic heterocycles. The lowest BCUT2D eigenvalue weighted by Crippen LogP contribution is -2.39. The van der Waals surface area contributed by atoms with Crippen molar-refractivity contribution in [3.8, 4) is 0 Å². The highest BCUT2D eigenvalue weighted by Crippen LogP contribution is 2.15. The summed E-state index contributed by atoms with van der Waals surface area (Å²) in [7, 11) is 1.68. The Morgan fingerprint density at radius 1 is 1.33 bits per heavy atom. The molecule has 1 rings (SSSR count). The number of hydrogen-bond acceptors (Lipinski definition) is 2. The van der Waals surface area contributed by atoms with Gasteiger partial charge in [0.1, 0.15) is 0 Å². The average Bonchev–Trinajstić information content (AvgIpc) is 2.44. The molecule has 0 bridgehead atoms. The van der Waals surface area contributed by atoms with E-state index >= 15 is 0 Å². The lowest BCUT2D eigenvalue weighted by Gasteiger charge is -2.18. The molecule has 0 aliphatic rings. The van der Waals surface area contributed by atoms with Crippen molar-refractivity contribution in [1.82, 2.24) is 10.6 Å². The van der Waals surface area contributed by atoms with Gasteiger partial charge in [-0.3, -0.25) is 4.99 Å². The second-order valence-electron chi connectivity index (χ2n) is 4.38. The number of benzene rings is 1. The van der Waals surface area contributed by atoms with Crippen LogP contribution in [0, 0.1) is 11.6 Å². The zero-order valence-electron chi connectivity index (χ0n) is 12.5. The number of nitrogens with zero attached hydrogens (tertiary/aromatic N) is 1. The number of guanidine groups is 1. The highest BCUT2D eigenvalue weighted by Gasteiger charge is 2.10. The molecule has 1 unspecified atom stereocenters. The summed E-state index contributed by atoms with van der Waals surface area (Å²) in [5, 5.41) is 6.34. The molecule has 2 N–H and O–H groups in total. The molecule has 0 fully saturated rings. The molecule has 0 saturated carbocycles. The molecule has 0 amide bonds. The topological polar surface area (TPSA) is 36.4 Å². The number of hydrogen-bond donors (Lipinski definition) is 2. The van der Waals surface area contributed by atoms with Gasteiger partial charge in [-0.1, -0.05) is 6.07 Å². The largest absolute Gasteiger partial charge is 0.356 e. The zero-order chi connectivity index (χ0) is 15.0. The number of aliphatic imine (C=N–C) groups is 1. The maximum Gasteiger partial charge on any atom is 0.191 e. The quantitative estimate of drug-likeness (QED) is 0.314. The molecule has 120 valence electrons. The minimum absolute atomic E-state index is 0. The maximum atomic E-state index is 13.2. The minimum atomic E-state index is -0.834. The third kappa shape index (κ3) is 7.30. The van der Waals surface area contributed by atoms with E-state index in [0.717, 1.165) is 24.8 Å². The lowest BCUT2D eigenvalue weighted by atomic mass is 10.1. The number of rotatable bonds is 6.